The van der Waals surface area contributed by atoms with Crippen molar-refractivity contribution >= 4 is 22.5 Å². The van der Waals surface area contributed by atoms with Crippen LogP contribution in [0.2, 0.25) is 5.02 Å². The first kappa shape index (κ1) is 19.9. The lowest BCUT2D eigenvalue weighted by Gasteiger charge is -2.36. The molecule has 3 aromatic rings. The zero-order valence-electron chi connectivity index (χ0n) is 17.5. The van der Waals surface area contributed by atoms with Crippen LogP contribution in [0.3, 0.4) is 0 Å². The van der Waals surface area contributed by atoms with Gasteiger partial charge in [-0.15, -0.1) is 5.10 Å². The number of hydrogen-bond donors (Lipinski definition) is 0. The summed E-state index contributed by atoms with van der Waals surface area (Å²) in [6.07, 6.45) is 8.46. The third kappa shape index (κ3) is 3.83. The van der Waals surface area contributed by atoms with Crippen LogP contribution in [-0.4, -0.2) is 43.2 Å². The van der Waals surface area contributed by atoms with Crippen LogP contribution in [0.1, 0.15) is 75.5 Å². The average Bonchev–Trinajstić information content (AvgIpc) is 3.25. The number of aromatic nitrogens is 5. The van der Waals surface area contributed by atoms with Gasteiger partial charge in [0.15, 0.2) is 5.82 Å². The van der Waals surface area contributed by atoms with Crippen LogP contribution in [0.4, 0.5) is 0 Å². The van der Waals surface area contributed by atoms with E-state index in [1.54, 1.807) is 0 Å². The van der Waals surface area contributed by atoms with Crippen molar-refractivity contribution < 1.29 is 0 Å². The van der Waals surface area contributed by atoms with E-state index >= 15 is 0 Å². The summed E-state index contributed by atoms with van der Waals surface area (Å²) in [5.74, 6) is 1.67. The molecular weight excluding hydrogens is 396 g/mol. The van der Waals surface area contributed by atoms with Gasteiger partial charge < -0.3 is 0 Å². The number of rotatable bonds is 4. The number of para-hydroxylation sites is 1. The van der Waals surface area contributed by atoms with Gasteiger partial charge in [0, 0.05) is 5.39 Å². The van der Waals surface area contributed by atoms with E-state index in [-0.39, 0.29) is 6.04 Å². The van der Waals surface area contributed by atoms with E-state index in [0.29, 0.717) is 6.04 Å². The summed E-state index contributed by atoms with van der Waals surface area (Å²) < 4.78 is 2.09. The van der Waals surface area contributed by atoms with Gasteiger partial charge in [-0.05, 0) is 67.3 Å². The van der Waals surface area contributed by atoms with Gasteiger partial charge in [0.2, 0.25) is 0 Å². The second-order valence-corrected chi connectivity index (χ2v) is 9.35. The maximum Gasteiger partial charge on any atom is 0.174 e. The minimum Gasteiger partial charge on any atom is -0.288 e. The summed E-state index contributed by atoms with van der Waals surface area (Å²) in [6.45, 7) is 4.38. The topological polar surface area (TPSA) is 59.7 Å². The second-order valence-electron chi connectivity index (χ2n) is 8.94. The van der Waals surface area contributed by atoms with Crippen LogP contribution in [-0.2, 0) is 0 Å². The molecule has 1 unspecified atom stereocenters. The second kappa shape index (κ2) is 8.60. The number of nitrogens with zero attached hydrogens (tertiary/aromatic N) is 6. The molecule has 30 heavy (non-hydrogen) atoms. The third-order valence-corrected chi connectivity index (χ3v) is 7.15. The molecule has 0 amide bonds. The molecule has 1 aliphatic heterocycles. The Balaban J connectivity index is 1.59. The number of hydrogen-bond acceptors (Lipinski definition) is 5. The van der Waals surface area contributed by atoms with Crippen molar-refractivity contribution in [2.75, 3.05) is 13.1 Å². The first-order valence-corrected chi connectivity index (χ1v) is 11.7. The summed E-state index contributed by atoms with van der Waals surface area (Å²) in [6, 6.07) is 10.4. The maximum absolute atomic E-state index is 6.70. The molecule has 1 saturated heterocycles. The third-order valence-electron chi connectivity index (χ3n) is 6.83. The smallest absolute Gasteiger partial charge is 0.174 e. The van der Waals surface area contributed by atoms with Crippen LogP contribution in [0.15, 0.2) is 30.3 Å². The summed E-state index contributed by atoms with van der Waals surface area (Å²) in [5.41, 5.74) is 1.87. The molecule has 158 valence electrons. The quantitative estimate of drug-likeness (QED) is 0.576. The fourth-order valence-corrected chi connectivity index (χ4v) is 5.30. The molecule has 5 rings (SSSR count). The van der Waals surface area contributed by atoms with Gasteiger partial charge in [0.25, 0.3) is 0 Å². The predicted molar refractivity (Wildman–Crippen MR) is 119 cm³/mol. The highest BCUT2D eigenvalue weighted by Gasteiger charge is 2.33. The van der Waals surface area contributed by atoms with Crippen molar-refractivity contribution in [3.05, 3.63) is 46.9 Å². The summed E-state index contributed by atoms with van der Waals surface area (Å²) in [7, 11) is 0. The van der Waals surface area contributed by atoms with Crippen molar-refractivity contribution in [1.82, 2.24) is 30.1 Å². The van der Waals surface area contributed by atoms with Crippen LogP contribution in [0.5, 0.6) is 0 Å². The zero-order chi connectivity index (χ0) is 20.5. The molecule has 6 nitrogen and oxygen atoms in total. The standard InChI is InChI=1S/C23H29ClN6/c1-16-11-13-29(14-12-16)22(21-15-19(24)18-9-5-6-10-20(18)25-21)23-26-27-28-30(23)17-7-3-2-4-8-17/h5-6,9-10,15-17,22H,2-4,7-8,11-14H2,1H3. The molecule has 1 atom stereocenters. The molecule has 0 spiro atoms. The molecule has 2 aliphatic rings. The van der Waals surface area contributed by atoms with Crippen molar-refractivity contribution in [2.24, 2.45) is 5.92 Å². The normalized spacial score (nSPS) is 20.6. The first-order chi connectivity index (χ1) is 14.7. The lowest BCUT2D eigenvalue weighted by molar-refractivity contribution is 0.144. The highest BCUT2D eigenvalue weighted by Crippen LogP contribution is 2.36. The van der Waals surface area contributed by atoms with Crippen LogP contribution >= 0.6 is 11.6 Å². The van der Waals surface area contributed by atoms with Gasteiger partial charge in [-0.25, -0.2) is 4.68 Å². The molecule has 0 N–H and O–H groups in total. The lowest BCUT2D eigenvalue weighted by atomic mass is 9.94. The largest absolute Gasteiger partial charge is 0.288 e. The van der Waals surface area contributed by atoms with Gasteiger partial charge >= 0.3 is 0 Å². The number of pyridine rings is 1. The zero-order valence-corrected chi connectivity index (χ0v) is 18.3. The Morgan fingerprint density at radius 3 is 2.60 bits per heavy atom. The predicted octanol–water partition coefficient (Wildman–Crippen LogP) is 5.20. The van der Waals surface area contributed by atoms with Gasteiger partial charge in [0.05, 0.1) is 22.3 Å². The minimum atomic E-state index is -0.0727. The van der Waals surface area contributed by atoms with Crippen molar-refractivity contribution in [3.63, 3.8) is 0 Å². The average molecular weight is 425 g/mol. The Morgan fingerprint density at radius 2 is 1.80 bits per heavy atom. The Labute approximate surface area is 182 Å². The molecular formula is C23H29ClN6. The van der Waals surface area contributed by atoms with Gasteiger partial charge in [-0.2, -0.15) is 0 Å². The van der Waals surface area contributed by atoms with Gasteiger partial charge in [0.1, 0.15) is 6.04 Å². The highest BCUT2D eigenvalue weighted by atomic mass is 35.5. The lowest BCUT2D eigenvalue weighted by Crippen LogP contribution is -2.38. The number of benzene rings is 1. The van der Waals surface area contributed by atoms with E-state index in [2.05, 4.69) is 32.0 Å². The van der Waals surface area contributed by atoms with Crippen LogP contribution in [0, 0.1) is 5.92 Å². The van der Waals surface area contributed by atoms with Crippen LogP contribution in [0.25, 0.3) is 10.9 Å². The Morgan fingerprint density at radius 1 is 1.03 bits per heavy atom. The van der Waals surface area contributed by atoms with Crippen molar-refractivity contribution in [1.29, 1.82) is 0 Å². The molecule has 3 heterocycles. The summed E-state index contributed by atoms with van der Waals surface area (Å²) in [5, 5.41) is 14.8. The monoisotopic (exact) mass is 424 g/mol. The molecule has 2 fully saturated rings. The summed E-state index contributed by atoms with van der Waals surface area (Å²) in [4.78, 5) is 7.54. The maximum atomic E-state index is 6.70. The number of likely N-dealkylation sites (tertiary alicyclic amines) is 1. The van der Waals surface area contributed by atoms with E-state index in [1.807, 2.05) is 30.3 Å². The fraction of sp³-hybridized carbons (Fsp3) is 0.565. The van der Waals surface area contributed by atoms with Crippen LogP contribution < -0.4 is 0 Å². The Hall–Kier alpha value is -2.05. The van der Waals surface area contributed by atoms with E-state index in [4.69, 9.17) is 16.6 Å². The molecule has 7 heteroatoms. The highest BCUT2D eigenvalue weighted by molar-refractivity contribution is 6.35. The Kier molecular flexibility index (Phi) is 5.70. The minimum absolute atomic E-state index is 0.0727. The molecule has 0 radical (unpaired) electrons. The molecule has 1 aliphatic carbocycles. The Bertz CT molecular complexity index is 1000. The number of tetrazole rings is 1. The first-order valence-electron chi connectivity index (χ1n) is 11.3. The molecule has 2 aromatic heterocycles. The van der Waals surface area contributed by atoms with Crippen molar-refractivity contribution in [2.45, 2.75) is 64.0 Å². The number of fused-ring (bicyclic) bond motifs is 1. The van der Waals surface area contributed by atoms with Gasteiger partial charge in [-0.3, -0.25) is 9.88 Å². The van der Waals surface area contributed by atoms with Gasteiger partial charge in [-0.1, -0.05) is 56.0 Å². The van der Waals surface area contributed by atoms with E-state index in [9.17, 15) is 0 Å². The van der Waals surface area contributed by atoms with E-state index in [1.165, 1.54) is 32.1 Å². The summed E-state index contributed by atoms with van der Waals surface area (Å²) >= 11 is 6.70. The molecule has 0 bridgehead atoms. The van der Waals surface area contributed by atoms with E-state index in [0.717, 1.165) is 59.3 Å². The number of halogens is 1. The van der Waals surface area contributed by atoms with Crippen molar-refractivity contribution in [3.8, 4) is 0 Å². The SMILES string of the molecule is CC1CCN(C(c2cc(Cl)c3ccccc3n2)c2nnnn2C2CCCCC2)CC1. The van der Waals surface area contributed by atoms with E-state index < -0.39 is 0 Å². The molecule has 1 aromatic carbocycles. The fourth-order valence-electron chi connectivity index (χ4n) is 5.03. The molecule has 1 saturated carbocycles. The number of piperidine rings is 1.